The molecule has 130 valence electrons. The van der Waals surface area contributed by atoms with E-state index in [1.165, 1.54) is 36.4 Å². The van der Waals surface area contributed by atoms with E-state index in [1.54, 1.807) is 6.07 Å². The van der Waals surface area contributed by atoms with Crippen LogP contribution in [0.5, 0.6) is 0 Å². The van der Waals surface area contributed by atoms with E-state index in [0.29, 0.717) is 0 Å². The number of amides is 1. The van der Waals surface area contributed by atoms with Crippen LogP contribution in [-0.2, 0) is 4.79 Å². The maximum Gasteiger partial charge on any atom is 0.294 e. The van der Waals surface area contributed by atoms with Crippen LogP contribution < -0.4 is 5.32 Å². The van der Waals surface area contributed by atoms with Crippen molar-refractivity contribution in [1.82, 2.24) is 0 Å². The second-order valence-corrected chi connectivity index (χ2v) is 5.33. The Morgan fingerprint density at radius 3 is 2.50 bits per heavy atom. The molecule has 0 radical (unpaired) electrons. The molecule has 26 heavy (non-hydrogen) atoms. The molecule has 0 spiro atoms. The summed E-state index contributed by atoms with van der Waals surface area (Å²) in [5, 5.41) is 33.4. The van der Waals surface area contributed by atoms with Crippen LogP contribution in [0.3, 0.4) is 0 Å². The molecule has 0 aromatic heterocycles. The fourth-order valence-electron chi connectivity index (χ4n) is 1.99. The number of nitriles is 1. The van der Waals surface area contributed by atoms with Gasteiger partial charge in [-0.05, 0) is 23.8 Å². The van der Waals surface area contributed by atoms with Gasteiger partial charge in [-0.3, -0.25) is 25.0 Å². The molecule has 9 nitrogen and oxygen atoms in total. The molecule has 0 heterocycles. The van der Waals surface area contributed by atoms with Crippen LogP contribution in [0.25, 0.3) is 6.08 Å². The Labute approximate surface area is 151 Å². The average molecular weight is 373 g/mol. The standard InChI is InChI=1S/C16H9ClN4O5/c17-12-4-5-14(15(8-12)21(25)26)19-16(22)11(9-18)6-10-2-1-3-13(7-10)20(23)24/h1-8H,(H,19,22)/b11-6-. The molecular weight excluding hydrogens is 364 g/mol. The van der Waals surface area contributed by atoms with Crippen LogP contribution in [-0.4, -0.2) is 15.8 Å². The van der Waals surface area contributed by atoms with Crippen molar-refractivity contribution < 1.29 is 14.6 Å². The molecule has 0 aliphatic rings. The Morgan fingerprint density at radius 1 is 1.15 bits per heavy atom. The van der Waals surface area contributed by atoms with E-state index in [2.05, 4.69) is 5.32 Å². The summed E-state index contributed by atoms with van der Waals surface area (Å²) in [4.78, 5) is 32.7. The van der Waals surface area contributed by atoms with Crippen LogP contribution in [0.4, 0.5) is 17.1 Å². The predicted molar refractivity (Wildman–Crippen MR) is 93.4 cm³/mol. The van der Waals surface area contributed by atoms with Gasteiger partial charge in [-0.15, -0.1) is 0 Å². The highest BCUT2D eigenvalue weighted by Gasteiger charge is 2.18. The van der Waals surface area contributed by atoms with Gasteiger partial charge >= 0.3 is 0 Å². The summed E-state index contributed by atoms with van der Waals surface area (Å²) >= 11 is 5.70. The maximum absolute atomic E-state index is 12.2. The van der Waals surface area contributed by atoms with E-state index >= 15 is 0 Å². The van der Waals surface area contributed by atoms with E-state index in [1.807, 2.05) is 0 Å². The van der Waals surface area contributed by atoms with E-state index in [9.17, 15) is 25.0 Å². The third-order valence-corrected chi connectivity index (χ3v) is 3.40. The van der Waals surface area contributed by atoms with Gasteiger partial charge in [0.15, 0.2) is 0 Å². The first-order valence-corrected chi connectivity index (χ1v) is 7.31. The third-order valence-electron chi connectivity index (χ3n) is 3.16. The Kier molecular flexibility index (Phi) is 5.62. The number of nitrogens with zero attached hydrogens (tertiary/aromatic N) is 3. The number of benzene rings is 2. The van der Waals surface area contributed by atoms with Crippen molar-refractivity contribution in [1.29, 1.82) is 5.26 Å². The van der Waals surface area contributed by atoms with Gasteiger partial charge in [-0.2, -0.15) is 5.26 Å². The van der Waals surface area contributed by atoms with Gasteiger partial charge in [0, 0.05) is 23.2 Å². The SMILES string of the molecule is N#C/C(=C/c1cccc([N+](=O)[O-])c1)C(=O)Nc1ccc(Cl)cc1[N+](=O)[O-]. The van der Waals surface area contributed by atoms with E-state index in [-0.39, 0.29) is 27.5 Å². The second kappa shape index (κ2) is 7.87. The van der Waals surface area contributed by atoms with Gasteiger partial charge in [0.1, 0.15) is 17.3 Å². The summed E-state index contributed by atoms with van der Waals surface area (Å²) in [6.07, 6.45) is 1.14. The fraction of sp³-hybridized carbons (Fsp3) is 0. The van der Waals surface area contributed by atoms with Crippen molar-refractivity contribution in [3.63, 3.8) is 0 Å². The maximum atomic E-state index is 12.2. The first kappa shape index (κ1) is 18.6. The lowest BCUT2D eigenvalue weighted by molar-refractivity contribution is -0.384. The molecule has 2 aromatic carbocycles. The van der Waals surface area contributed by atoms with E-state index < -0.39 is 21.4 Å². The molecule has 0 aliphatic carbocycles. The lowest BCUT2D eigenvalue weighted by Gasteiger charge is -2.05. The summed E-state index contributed by atoms with van der Waals surface area (Å²) in [6, 6.07) is 10.6. The number of carbonyl (C=O) groups excluding carboxylic acids is 1. The van der Waals surface area contributed by atoms with E-state index in [0.717, 1.165) is 12.1 Å². The molecule has 2 rings (SSSR count). The van der Waals surface area contributed by atoms with Crippen LogP contribution in [0.1, 0.15) is 5.56 Å². The zero-order valence-electron chi connectivity index (χ0n) is 12.9. The quantitative estimate of drug-likeness (QED) is 0.367. The van der Waals surface area contributed by atoms with Gasteiger partial charge in [0.2, 0.25) is 0 Å². The summed E-state index contributed by atoms with van der Waals surface area (Å²) in [6.45, 7) is 0. The molecule has 0 unspecified atom stereocenters. The monoisotopic (exact) mass is 372 g/mol. The fourth-order valence-corrected chi connectivity index (χ4v) is 2.16. The van der Waals surface area contributed by atoms with Crippen molar-refractivity contribution in [2.24, 2.45) is 0 Å². The minimum absolute atomic E-state index is 0.113. The van der Waals surface area contributed by atoms with Crippen LogP contribution in [0.15, 0.2) is 48.0 Å². The molecule has 1 N–H and O–H groups in total. The minimum atomic E-state index is -0.899. The Bertz CT molecular complexity index is 981. The first-order valence-electron chi connectivity index (χ1n) is 6.93. The van der Waals surface area contributed by atoms with Crippen LogP contribution in [0, 0.1) is 31.6 Å². The van der Waals surface area contributed by atoms with Gasteiger partial charge < -0.3 is 5.32 Å². The molecular formula is C16H9ClN4O5. The van der Waals surface area contributed by atoms with Crippen LogP contribution >= 0.6 is 11.6 Å². The smallest absolute Gasteiger partial charge is 0.294 e. The highest BCUT2D eigenvalue weighted by atomic mass is 35.5. The highest BCUT2D eigenvalue weighted by molar-refractivity contribution is 6.31. The number of hydrogen-bond donors (Lipinski definition) is 1. The Balaban J connectivity index is 2.33. The Morgan fingerprint density at radius 2 is 1.88 bits per heavy atom. The summed E-state index contributed by atoms with van der Waals surface area (Å²) in [7, 11) is 0. The molecule has 0 bridgehead atoms. The van der Waals surface area contributed by atoms with Crippen molar-refractivity contribution in [3.05, 3.63) is 78.9 Å². The number of halogens is 1. The number of non-ortho nitro benzene ring substituents is 1. The van der Waals surface area contributed by atoms with E-state index in [4.69, 9.17) is 16.9 Å². The van der Waals surface area contributed by atoms with Crippen molar-refractivity contribution in [3.8, 4) is 6.07 Å². The number of anilines is 1. The van der Waals surface area contributed by atoms with Crippen molar-refractivity contribution in [2.45, 2.75) is 0 Å². The third kappa shape index (κ3) is 4.40. The number of carbonyl (C=O) groups is 1. The number of rotatable bonds is 5. The molecule has 0 saturated carbocycles. The summed E-state index contributed by atoms with van der Waals surface area (Å²) in [5.41, 5.74) is -0.890. The number of hydrogen-bond acceptors (Lipinski definition) is 6. The minimum Gasteiger partial charge on any atom is -0.316 e. The zero-order chi connectivity index (χ0) is 19.3. The normalized spacial score (nSPS) is 10.7. The number of nitro benzene ring substituents is 2. The molecule has 0 atom stereocenters. The van der Waals surface area contributed by atoms with Crippen LogP contribution in [0.2, 0.25) is 5.02 Å². The first-order chi connectivity index (χ1) is 12.3. The highest BCUT2D eigenvalue weighted by Crippen LogP contribution is 2.28. The molecule has 0 fully saturated rings. The molecule has 1 amide bonds. The van der Waals surface area contributed by atoms with Gasteiger partial charge in [-0.25, -0.2) is 0 Å². The molecule has 0 saturated heterocycles. The molecule has 0 aliphatic heterocycles. The van der Waals surface area contributed by atoms with Crippen molar-refractivity contribution >= 4 is 40.6 Å². The molecule has 2 aromatic rings. The lowest BCUT2D eigenvalue weighted by atomic mass is 10.1. The topological polar surface area (TPSA) is 139 Å². The van der Waals surface area contributed by atoms with Gasteiger partial charge in [-0.1, -0.05) is 23.7 Å². The van der Waals surface area contributed by atoms with Gasteiger partial charge in [0.25, 0.3) is 17.3 Å². The largest absolute Gasteiger partial charge is 0.316 e. The summed E-state index contributed by atoms with van der Waals surface area (Å²) in [5.74, 6) is -0.899. The number of nitrogens with one attached hydrogen (secondary N) is 1. The lowest BCUT2D eigenvalue weighted by Crippen LogP contribution is -2.14. The zero-order valence-corrected chi connectivity index (χ0v) is 13.6. The predicted octanol–water partition coefficient (Wildman–Crippen LogP) is 3.70. The summed E-state index contributed by atoms with van der Waals surface area (Å²) < 4.78 is 0. The second-order valence-electron chi connectivity index (χ2n) is 4.89. The molecule has 10 heteroatoms. The van der Waals surface area contributed by atoms with Gasteiger partial charge in [0.05, 0.1) is 9.85 Å². The number of nitro groups is 2. The average Bonchev–Trinajstić information content (AvgIpc) is 2.61. The Hall–Kier alpha value is -3.77. The van der Waals surface area contributed by atoms with Crippen molar-refractivity contribution in [2.75, 3.05) is 5.32 Å².